The van der Waals surface area contributed by atoms with Gasteiger partial charge < -0.3 is 20.1 Å². The van der Waals surface area contributed by atoms with Gasteiger partial charge in [0.1, 0.15) is 5.54 Å². The molecule has 5 nitrogen and oxygen atoms in total. The summed E-state index contributed by atoms with van der Waals surface area (Å²) in [6.07, 6.45) is 1.54. The lowest BCUT2D eigenvalue weighted by Crippen LogP contribution is -2.48. The molecular formula is C16H24N2O3. The fourth-order valence-electron chi connectivity index (χ4n) is 2.69. The Morgan fingerprint density at radius 3 is 2.76 bits per heavy atom. The number of rotatable bonds is 6. The van der Waals surface area contributed by atoms with Crippen LogP contribution in [0.4, 0.5) is 0 Å². The fraction of sp³-hybridized carbons (Fsp3) is 0.562. The number of carbonyl (C=O) groups excluding carboxylic acids is 1. The lowest BCUT2D eigenvalue weighted by Gasteiger charge is -2.31. The van der Waals surface area contributed by atoms with Gasteiger partial charge in [-0.15, -0.1) is 0 Å². The number of methoxy groups -OCH3 is 1. The Morgan fingerprint density at radius 1 is 1.48 bits per heavy atom. The molecule has 5 heteroatoms. The molecule has 0 aromatic heterocycles. The summed E-state index contributed by atoms with van der Waals surface area (Å²) in [6, 6.07) is 9.82. The van der Waals surface area contributed by atoms with Crippen molar-refractivity contribution >= 4 is 5.97 Å². The minimum absolute atomic E-state index is 0.398. The zero-order valence-electron chi connectivity index (χ0n) is 12.7. The molecule has 1 saturated heterocycles. The van der Waals surface area contributed by atoms with Gasteiger partial charge in [0.05, 0.1) is 13.7 Å². The van der Waals surface area contributed by atoms with E-state index in [1.807, 2.05) is 37.4 Å². The second kappa shape index (κ2) is 7.02. The van der Waals surface area contributed by atoms with Crippen molar-refractivity contribution in [2.75, 3.05) is 33.9 Å². The van der Waals surface area contributed by atoms with Crippen LogP contribution in [0.5, 0.6) is 0 Å². The first-order valence-electron chi connectivity index (χ1n) is 7.28. The molecule has 1 aromatic rings. The van der Waals surface area contributed by atoms with E-state index < -0.39 is 11.5 Å². The van der Waals surface area contributed by atoms with Gasteiger partial charge in [-0.1, -0.05) is 30.3 Å². The highest BCUT2D eigenvalue weighted by molar-refractivity contribution is 5.82. The van der Waals surface area contributed by atoms with Crippen LogP contribution in [0.2, 0.25) is 0 Å². The SMILES string of the molecule is COC(=O)C(N)(CCN(C)C1CCOC1)c1ccccc1. The van der Waals surface area contributed by atoms with Gasteiger partial charge in [-0.05, 0) is 25.5 Å². The number of hydrogen-bond donors (Lipinski definition) is 1. The molecule has 0 spiro atoms. The number of ether oxygens (including phenoxy) is 2. The normalized spacial score (nSPS) is 21.2. The number of esters is 1. The van der Waals surface area contributed by atoms with Crippen LogP contribution >= 0.6 is 0 Å². The van der Waals surface area contributed by atoms with Gasteiger partial charge in [0.15, 0.2) is 0 Å². The third-order valence-electron chi connectivity index (χ3n) is 4.23. The molecule has 1 heterocycles. The smallest absolute Gasteiger partial charge is 0.330 e. The highest BCUT2D eigenvalue weighted by atomic mass is 16.5. The van der Waals surface area contributed by atoms with E-state index in [4.69, 9.17) is 15.2 Å². The Morgan fingerprint density at radius 2 is 2.19 bits per heavy atom. The third-order valence-corrected chi connectivity index (χ3v) is 4.23. The minimum atomic E-state index is -1.11. The highest BCUT2D eigenvalue weighted by Crippen LogP contribution is 2.25. The molecule has 0 amide bonds. The fourth-order valence-corrected chi connectivity index (χ4v) is 2.69. The van der Waals surface area contributed by atoms with Crippen molar-refractivity contribution in [1.29, 1.82) is 0 Å². The molecule has 1 aliphatic rings. The molecule has 2 rings (SSSR count). The second-order valence-electron chi connectivity index (χ2n) is 5.58. The molecule has 116 valence electrons. The van der Waals surface area contributed by atoms with Gasteiger partial charge in [0.2, 0.25) is 0 Å². The van der Waals surface area contributed by atoms with Crippen molar-refractivity contribution in [2.24, 2.45) is 5.73 Å². The molecule has 2 unspecified atom stereocenters. The Hall–Kier alpha value is -1.43. The first kappa shape index (κ1) is 15.9. The Balaban J connectivity index is 2.08. The average Bonchev–Trinajstić information content (AvgIpc) is 3.06. The maximum atomic E-state index is 12.2. The molecular weight excluding hydrogens is 268 g/mol. The molecule has 1 fully saturated rings. The Bertz CT molecular complexity index is 460. The summed E-state index contributed by atoms with van der Waals surface area (Å²) in [5.41, 5.74) is 6.07. The second-order valence-corrected chi connectivity index (χ2v) is 5.58. The van der Waals surface area contributed by atoms with Crippen LogP contribution < -0.4 is 5.73 Å². The summed E-state index contributed by atoms with van der Waals surface area (Å²) in [6.45, 7) is 2.27. The number of hydrogen-bond acceptors (Lipinski definition) is 5. The lowest BCUT2D eigenvalue weighted by atomic mass is 9.87. The van der Waals surface area contributed by atoms with Crippen LogP contribution in [0.25, 0.3) is 0 Å². The maximum Gasteiger partial charge on any atom is 0.330 e. The van der Waals surface area contributed by atoms with E-state index in [1.54, 1.807) is 0 Å². The van der Waals surface area contributed by atoms with Crippen LogP contribution in [0.15, 0.2) is 30.3 Å². The van der Waals surface area contributed by atoms with E-state index in [2.05, 4.69) is 4.90 Å². The monoisotopic (exact) mass is 292 g/mol. The highest BCUT2D eigenvalue weighted by Gasteiger charge is 2.37. The van der Waals surface area contributed by atoms with Crippen molar-refractivity contribution in [1.82, 2.24) is 4.90 Å². The predicted octanol–water partition coefficient (Wildman–Crippen LogP) is 1.12. The largest absolute Gasteiger partial charge is 0.467 e. The lowest BCUT2D eigenvalue weighted by molar-refractivity contribution is -0.148. The first-order valence-corrected chi connectivity index (χ1v) is 7.28. The predicted molar refractivity (Wildman–Crippen MR) is 80.8 cm³/mol. The van der Waals surface area contributed by atoms with E-state index in [1.165, 1.54) is 7.11 Å². The van der Waals surface area contributed by atoms with Crippen LogP contribution in [0.1, 0.15) is 18.4 Å². The zero-order chi connectivity index (χ0) is 15.3. The number of likely N-dealkylation sites (N-methyl/N-ethyl adjacent to an activating group) is 1. The van der Waals surface area contributed by atoms with Gasteiger partial charge >= 0.3 is 5.97 Å². The first-order chi connectivity index (χ1) is 10.1. The molecule has 0 radical (unpaired) electrons. The maximum absolute atomic E-state index is 12.2. The Kier molecular flexibility index (Phi) is 5.33. The average molecular weight is 292 g/mol. The topological polar surface area (TPSA) is 64.8 Å². The summed E-state index contributed by atoms with van der Waals surface area (Å²) in [7, 11) is 3.42. The van der Waals surface area contributed by atoms with Crippen molar-refractivity contribution in [3.05, 3.63) is 35.9 Å². The number of carbonyl (C=O) groups is 1. The molecule has 1 aliphatic heterocycles. The third kappa shape index (κ3) is 3.61. The molecule has 21 heavy (non-hydrogen) atoms. The van der Waals surface area contributed by atoms with Gasteiger partial charge in [-0.25, -0.2) is 4.79 Å². The van der Waals surface area contributed by atoms with Crippen molar-refractivity contribution in [3.8, 4) is 0 Å². The molecule has 2 N–H and O–H groups in total. The quantitative estimate of drug-likeness (QED) is 0.796. The van der Waals surface area contributed by atoms with E-state index >= 15 is 0 Å². The summed E-state index contributed by atoms with van der Waals surface area (Å²) in [5, 5.41) is 0. The molecule has 0 aliphatic carbocycles. The van der Waals surface area contributed by atoms with E-state index in [0.29, 0.717) is 19.0 Å². The number of nitrogens with zero attached hydrogens (tertiary/aromatic N) is 1. The Labute approximate surface area is 126 Å². The minimum Gasteiger partial charge on any atom is -0.467 e. The van der Waals surface area contributed by atoms with Crippen LogP contribution in [-0.2, 0) is 19.8 Å². The van der Waals surface area contributed by atoms with Crippen LogP contribution in [0, 0.1) is 0 Å². The molecule has 2 atom stereocenters. The van der Waals surface area contributed by atoms with Crippen LogP contribution in [-0.4, -0.2) is 50.8 Å². The number of nitrogens with two attached hydrogens (primary N) is 1. The van der Waals surface area contributed by atoms with Gasteiger partial charge in [0, 0.05) is 19.2 Å². The summed E-state index contributed by atoms with van der Waals surface area (Å²) in [4.78, 5) is 14.4. The molecule has 0 bridgehead atoms. The van der Waals surface area contributed by atoms with Gasteiger partial charge in [-0.2, -0.15) is 0 Å². The van der Waals surface area contributed by atoms with E-state index in [0.717, 1.165) is 25.2 Å². The standard InChI is InChI=1S/C16H24N2O3/c1-18(14-8-11-21-12-14)10-9-16(17,15(19)20-2)13-6-4-3-5-7-13/h3-7,14H,8-12,17H2,1-2H3. The van der Waals surface area contributed by atoms with Crippen molar-refractivity contribution in [2.45, 2.75) is 24.4 Å². The van der Waals surface area contributed by atoms with Gasteiger partial charge in [0.25, 0.3) is 0 Å². The van der Waals surface area contributed by atoms with E-state index in [-0.39, 0.29) is 0 Å². The van der Waals surface area contributed by atoms with Crippen molar-refractivity contribution < 1.29 is 14.3 Å². The summed E-state index contributed by atoms with van der Waals surface area (Å²) in [5.74, 6) is -0.398. The zero-order valence-corrected chi connectivity index (χ0v) is 12.7. The summed E-state index contributed by atoms with van der Waals surface area (Å²) < 4.78 is 10.3. The summed E-state index contributed by atoms with van der Waals surface area (Å²) >= 11 is 0. The molecule has 1 aromatic carbocycles. The van der Waals surface area contributed by atoms with Gasteiger partial charge in [-0.3, -0.25) is 0 Å². The van der Waals surface area contributed by atoms with Crippen LogP contribution in [0.3, 0.4) is 0 Å². The van der Waals surface area contributed by atoms with E-state index in [9.17, 15) is 4.79 Å². The number of benzene rings is 1. The van der Waals surface area contributed by atoms with Crippen molar-refractivity contribution in [3.63, 3.8) is 0 Å². The molecule has 0 saturated carbocycles.